The molecule has 0 saturated heterocycles. The number of nitrogen functional groups attached to an aromatic ring is 1. The number of nitrogens with one attached hydrogen (secondary N) is 2. The van der Waals surface area contributed by atoms with Gasteiger partial charge in [-0.15, -0.1) is 11.3 Å². The lowest BCUT2D eigenvalue weighted by Gasteiger charge is -2.28. The first-order valence-corrected chi connectivity index (χ1v) is 10.9. The molecule has 4 rings (SSSR count). The van der Waals surface area contributed by atoms with Gasteiger partial charge in [-0.1, -0.05) is 0 Å². The lowest BCUT2D eigenvalue weighted by atomic mass is 9.85. The molecule has 0 bridgehead atoms. The molecule has 0 aliphatic heterocycles. The van der Waals surface area contributed by atoms with Crippen LogP contribution in [0.15, 0.2) is 23.7 Å². The molecule has 2 aliphatic rings. The minimum Gasteiger partial charge on any atom is -0.375 e. The van der Waals surface area contributed by atoms with Gasteiger partial charge in [0.05, 0.1) is 5.69 Å². The minimum atomic E-state index is 0.00679. The second-order valence-electron chi connectivity index (χ2n) is 7.77. The standard InChI is InChI=1S/C20H27N5O2S/c21-20-24-15(12-28-20)9-10-22-18(26)13-3-5-14(6-4-13)23-19(27)17-2-1-11-25(17)16-7-8-16/h1-2,11-14,16H,3-10H2,(H2,21,24)(H,22,26)(H,23,27). The Labute approximate surface area is 168 Å². The maximum Gasteiger partial charge on any atom is 0.268 e. The van der Waals surface area contributed by atoms with Gasteiger partial charge in [0.1, 0.15) is 5.69 Å². The molecule has 0 aromatic carbocycles. The topological polar surface area (TPSA) is 102 Å². The highest BCUT2D eigenvalue weighted by Crippen LogP contribution is 2.36. The summed E-state index contributed by atoms with van der Waals surface area (Å²) in [6.07, 6.45) is 8.32. The van der Waals surface area contributed by atoms with E-state index in [4.69, 9.17) is 5.73 Å². The maximum atomic E-state index is 12.6. The molecule has 0 unspecified atom stereocenters. The monoisotopic (exact) mass is 401 g/mol. The molecular formula is C20H27N5O2S. The molecule has 2 aromatic heterocycles. The van der Waals surface area contributed by atoms with Crippen molar-refractivity contribution in [2.75, 3.05) is 12.3 Å². The Bertz CT molecular complexity index is 833. The van der Waals surface area contributed by atoms with Gasteiger partial charge in [0.25, 0.3) is 5.91 Å². The van der Waals surface area contributed by atoms with Crippen LogP contribution in [0, 0.1) is 5.92 Å². The van der Waals surface area contributed by atoms with Crippen LogP contribution < -0.4 is 16.4 Å². The first kappa shape index (κ1) is 19.0. The fourth-order valence-electron chi connectivity index (χ4n) is 3.91. The van der Waals surface area contributed by atoms with E-state index in [2.05, 4.69) is 20.2 Å². The molecule has 8 heteroatoms. The summed E-state index contributed by atoms with van der Waals surface area (Å²) in [5.74, 6) is 0.145. The Kier molecular flexibility index (Phi) is 5.66. The quantitative estimate of drug-likeness (QED) is 0.663. The van der Waals surface area contributed by atoms with E-state index in [1.165, 1.54) is 11.3 Å². The molecule has 0 radical (unpaired) electrons. The summed E-state index contributed by atoms with van der Waals surface area (Å²) in [5.41, 5.74) is 7.30. The van der Waals surface area contributed by atoms with Crippen LogP contribution in [0.2, 0.25) is 0 Å². The molecule has 2 saturated carbocycles. The van der Waals surface area contributed by atoms with Crippen molar-refractivity contribution in [2.24, 2.45) is 5.92 Å². The van der Waals surface area contributed by atoms with E-state index < -0.39 is 0 Å². The Morgan fingerprint density at radius 3 is 2.68 bits per heavy atom. The van der Waals surface area contributed by atoms with E-state index in [-0.39, 0.29) is 23.8 Å². The number of aromatic nitrogens is 2. The van der Waals surface area contributed by atoms with Crippen LogP contribution in [0.25, 0.3) is 0 Å². The maximum absolute atomic E-state index is 12.6. The Morgan fingerprint density at radius 1 is 1.21 bits per heavy atom. The van der Waals surface area contributed by atoms with Gasteiger partial charge in [-0.2, -0.15) is 0 Å². The van der Waals surface area contributed by atoms with Gasteiger partial charge in [-0.05, 0) is 50.7 Å². The van der Waals surface area contributed by atoms with Crippen molar-refractivity contribution in [3.8, 4) is 0 Å². The van der Waals surface area contributed by atoms with Gasteiger partial charge in [-0.25, -0.2) is 4.98 Å². The fraction of sp³-hybridized carbons (Fsp3) is 0.550. The zero-order valence-electron chi connectivity index (χ0n) is 15.9. The van der Waals surface area contributed by atoms with Crippen LogP contribution in [-0.4, -0.2) is 34.0 Å². The lowest BCUT2D eigenvalue weighted by molar-refractivity contribution is -0.126. The average Bonchev–Trinajstić information content (AvgIpc) is 3.26. The highest BCUT2D eigenvalue weighted by atomic mass is 32.1. The number of carbonyl (C=O) groups excluding carboxylic acids is 2. The van der Waals surface area contributed by atoms with E-state index >= 15 is 0 Å². The van der Waals surface area contributed by atoms with E-state index in [1.807, 2.05) is 23.7 Å². The van der Waals surface area contributed by atoms with E-state index in [1.54, 1.807) is 0 Å². The Balaban J connectivity index is 1.19. The first-order valence-electron chi connectivity index (χ1n) is 10.1. The third kappa shape index (κ3) is 4.55. The molecule has 2 amide bonds. The SMILES string of the molecule is Nc1nc(CCNC(=O)C2CCC(NC(=O)c3cccn3C3CC3)CC2)cs1. The normalized spacial score (nSPS) is 22.0. The molecule has 2 heterocycles. The molecule has 2 aliphatic carbocycles. The predicted octanol–water partition coefficient (Wildman–Crippen LogP) is 2.51. The predicted molar refractivity (Wildman–Crippen MR) is 109 cm³/mol. The highest BCUT2D eigenvalue weighted by molar-refractivity contribution is 7.13. The van der Waals surface area contributed by atoms with Crippen molar-refractivity contribution < 1.29 is 9.59 Å². The number of rotatable bonds is 7. The Morgan fingerprint density at radius 2 is 2.00 bits per heavy atom. The van der Waals surface area contributed by atoms with Crippen LogP contribution >= 0.6 is 11.3 Å². The third-order valence-corrected chi connectivity index (χ3v) is 6.36. The number of carbonyl (C=O) groups is 2. The third-order valence-electron chi connectivity index (χ3n) is 5.63. The molecule has 0 spiro atoms. The van der Waals surface area contributed by atoms with Gasteiger partial charge in [0, 0.05) is 42.5 Å². The second-order valence-corrected chi connectivity index (χ2v) is 8.66. The summed E-state index contributed by atoms with van der Waals surface area (Å²) in [6, 6.07) is 4.48. The van der Waals surface area contributed by atoms with Crippen molar-refractivity contribution in [2.45, 2.75) is 57.0 Å². The van der Waals surface area contributed by atoms with Gasteiger partial charge in [0.15, 0.2) is 5.13 Å². The van der Waals surface area contributed by atoms with Gasteiger partial charge in [-0.3, -0.25) is 9.59 Å². The second kappa shape index (κ2) is 8.34. The molecule has 2 aromatic rings. The lowest BCUT2D eigenvalue weighted by Crippen LogP contribution is -2.41. The van der Waals surface area contributed by atoms with Crippen molar-refractivity contribution >= 4 is 28.3 Å². The smallest absolute Gasteiger partial charge is 0.268 e. The Hall–Kier alpha value is -2.35. The van der Waals surface area contributed by atoms with Crippen LogP contribution in [0.5, 0.6) is 0 Å². The summed E-state index contributed by atoms with van der Waals surface area (Å²) in [5, 5.41) is 8.66. The van der Waals surface area contributed by atoms with Crippen molar-refractivity contribution in [3.05, 3.63) is 35.1 Å². The summed E-state index contributed by atoms with van der Waals surface area (Å²) >= 11 is 1.42. The van der Waals surface area contributed by atoms with Crippen LogP contribution in [0.4, 0.5) is 5.13 Å². The number of nitrogens with zero attached hydrogens (tertiary/aromatic N) is 2. The van der Waals surface area contributed by atoms with E-state index in [0.29, 0.717) is 24.1 Å². The zero-order chi connectivity index (χ0) is 19.5. The molecule has 0 atom stereocenters. The van der Waals surface area contributed by atoms with Gasteiger partial charge < -0.3 is 20.9 Å². The summed E-state index contributed by atoms with van der Waals surface area (Å²) < 4.78 is 2.09. The number of thiazole rings is 1. The summed E-state index contributed by atoms with van der Waals surface area (Å²) in [7, 11) is 0. The molecule has 2 fully saturated rings. The van der Waals surface area contributed by atoms with Gasteiger partial charge >= 0.3 is 0 Å². The fourth-order valence-corrected chi connectivity index (χ4v) is 4.51. The summed E-state index contributed by atoms with van der Waals surface area (Å²) in [4.78, 5) is 29.2. The molecular weight excluding hydrogens is 374 g/mol. The number of hydrogen-bond acceptors (Lipinski definition) is 5. The van der Waals surface area contributed by atoms with Crippen LogP contribution in [-0.2, 0) is 11.2 Å². The first-order chi connectivity index (χ1) is 13.6. The van der Waals surface area contributed by atoms with E-state index in [0.717, 1.165) is 49.9 Å². The van der Waals surface area contributed by atoms with Crippen molar-refractivity contribution in [1.29, 1.82) is 0 Å². The average molecular weight is 402 g/mol. The number of nitrogens with two attached hydrogens (primary N) is 1. The molecule has 7 nitrogen and oxygen atoms in total. The number of anilines is 1. The molecule has 150 valence electrons. The molecule has 4 N–H and O–H groups in total. The highest BCUT2D eigenvalue weighted by Gasteiger charge is 2.30. The van der Waals surface area contributed by atoms with Gasteiger partial charge in [0.2, 0.25) is 5.91 Å². The number of amides is 2. The zero-order valence-corrected chi connectivity index (χ0v) is 16.7. The minimum absolute atomic E-state index is 0.00679. The van der Waals surface area contributed by atoms with Crippen molar-refractivity contribution in [1.82, 2.24) is 20.2 Å². The van der Waals surface area contributed by atoms with Crippen LogP contribution in [0.1, 0.15) is 60.7 Å². The largest absolute Gasteiger partial charge is 0.375 e. The van der Waals surface area contributed by atoms with Crippen molar-refractivity contribution in [3.63, 3.8) is 0 Å². The number of hydrogen-bond donors (Lipinski definition) is 3. The molecule has 28 heavy (non-hydrogen) atoms. The van der Waals surface area contributed by atoms with Crippen LogP contribution in [0.3, 0.4) is 0 Å². The summed E-state index contributed by atoms with van der Waals surface area (Å²) in [6.45, 7) is 0.580. The van der Waals surface area contributed by atoms with E-state index in [9.17, 15) is 9.59 Å².